The molecule has 0 amide bonds. The van der Waals surface area contributed by atoms with Gasteiger partial charge in [0.15, 0.2) is 0 Å². The van der Waals surface area contributed by atoms with Gasteiger partial charge in [0.2, 0.25) is 0 Å². The van der Waals surface area contributed by atoms with Crippen LogP contribution in [-0.2, 0) is 9.53 Å². The summed E-state index contributed by atoms with van der Waals surface area (Å²) in [6.45, 7) is 6.47. The third-order valence-corrected chi connectivity index (χ3v) is 6.58. The fraction of sp³-hybridized carbons (Fsp3) is 0.923. The van der Waals surface area contributed by atoms with E-state index in [1.165, 1.54) is 12.8 Å². The molecule has 0 aromatic rings. The Labute approximate surface area is 103 Å². The van der Waals surface area contributed by atoms with Crippen molar-refractivity contribution in [1.82, 2.24) is 0 Å². The molecule has 2 unspecified atom stereocenters. The smallest absolute Gasteiger partial charge is 0.308 e. The minimum absolute atomic E-state index is 0.0860. The lowest BCUT2D eigenvalue weighted by Gasteiger charge is -2.33. The van der Waals surface area contributed by atoms with Crippen molar-refractivity contribution in [2.75, 3.05) is 0 Å². The summed E-state index contributed by atoms with van der Waals surface area (Å²) in [6, 6.07) is 0. The Bertz CT molecular complexity index is 236. The van der Waals surface area contributed by atoms with Crippen molar-refractivity contribution in [3.63, 3.8) is 0 Å². The maximum absolute atomic E-state index is 12.3. The van der Waals surface area contributed by atoms with Crippen LogP contribution in [0.4, 0.5) is 0 Å². The molecule has 0 spiro atoms. The normalized spacial score (nSPS) is 22.9. The van der Waals surface area contributed by atoms with E-state index >= 15 is 0 Å². The average Bonchev–Trinajstić information content (AvgIpc) is 2.79. The van der Waals surface area contributed by atoms with E-state index in [0.29, 0.717) is 5.92 Å². The van der Waals surface area contributed by atoms with Gasteiger partial charge in [-0.3, -0.25) is 4.79 Å². The van der Waals surface area contributed by atoms with Gasteiger partial charge >= 0.3 is 5.97 Å². The van der Waals surface area contributed by atoms with Crippen LogP contribution in [0.1, 0.15) is 59.3 Å². The number of esters is 1. The van der Waals surface area contributed by atoms with Crippen LogP contribution in [0.3, 0.4) is 0 Å². The summed E-state index contributed by atoms with van der Waals surface area (Å²) in [6.07, 6.45) is 6.82. The summed E-state index contributed by atoms with van der Waals surface area (Å²) in [7, 11) is 0.903. The first-order chi connectivity index (χ1) is 7.54. The molecule has 0 heterocycles. The first kappa shape index (κ1) is 13.8. The van der Waals surface area contributed by atoms with Crippen molar-refractivity contribution in [1.29, 1.82) is 0 Å². The van der Waals surface area contributed by atoms with E-state index < -0.39 is 0 Å². The van der Waals surface area contributed by atoms with Crippen LogP contribution in [-0.4, -0.2) is 22.3 Å². The molecule has 1 aliphatic carbocycles. The van der Waals surface area contributed by atoms with Gasteiger partial charge in [-0.05, 0) is 38.0 Å². The van der Waals surface area contributed by atoms with Gasteiger partial charge in [-0.1, -0.05) is 27.2 Å². The first-order valence-corrected chi connectivity index (χ1v) is 7.75. The number of hydrogen-bond acceptors (Lipinski definition) is 2. The lowest BCUT2D eigenvalue weighted by atomic mass is 9.88. The molecule has 0 aliphatic heterocycles. The zero-order valence-corrected chi connectivity index (χ0v) is 13.2. The Kier molecular flexibility index (Phi) is 5.03. The molecular formula is C13H26O2Si. The second-order valence-corrected chi connectivity index (χ2v) is 7.18. The number of carbonyl (C=O) groups excluding carboxylic acids is 1. The van der Waals surface area contributed by atoms with Crippen LogP contribution < -0.4 is 0 Å². The van der Waals surface area contributed by atoms with Crippen molar-refractivity contribution in [2.24, 2.45) is 5.92 Å². The Morgan fingerprint density at radius 3 is 2.44 bits per heavy atom. The number of rotatable bonds is 5. The summed E-state index contributed by atoms with van der Waals surface area (Å²) in [5.74, 6) is 0.543. The van der Waals surface area contributed by atoms with E-state index in [1.54, 1.807) is 0 Å². The molecule has 0 radical (unpaired) electrons. The van der Waals surface area contributed by atoms with E-state index in [2.05, 4.69) is 20.8 Å². The van der Waals surface area contributed by atoms with Crippen LogP contribution >= 0.6 is 0 Å². The standard InChI is InChI=1S/C13H26O2Si/c1-4-10(3)13(16,5-2)12(14)15-11-8-6-7-9-11/h10-11H,4-9H2,1-3,16H3. The van der Waals surface area contributed by atoms with Crippen LogP contribution in [0.25, 0.3) is 0 Å². The second kappa shape index (κ2) is 5.85. The van der Waals surface area contributed by atoms with Gasteiger partial charge in [0.05, 0.1) is 5.04 Å². The number of carbonyl (C=O) groups is 1. The average molecular weight is 242 g/mol. The molecule has 2 nitrogen and oxygen atoms in total. The maximum atomic E-state index is 12.3. The minimum Gasteiger partial charge on any atom is -0.462 e. The van der Waals surface area contributed by atoms with Crippen molar-refractivity contribution in [3.05, 3.63) is 0 Å². The van der Waals surface area contributed by atoms with Crippen molar-refractivity contribution >= 4 is 16.2 Å². The highest BCUT2D eigenvalue weighted by Crippen LogP contribution is 2.40. The predicted octanol–water partition coefficient (Wildman–Crippen LogP) is 2.45. The van der Waals surface area contributed by atoms with Crippen LogP contribution in [0, 0.1) is 5.92 Å². The fourth-order valence-electron chi connectivity index (χ4n) is 2.44. The second-order valence-electron chi connectivity index (χ2n) is 5.39. The molecule has 0 aromatic heterocycles. The third-order valence-electron chi connectivity index (χ3n) is 4.48. The molecule has 1 aliphatic rings. The summed E-state index contributed by atoms with van der Waals surface area (Å²) in [4.78, 5) is 12.3. The largest absolute Gasteiger partial charge is 0.462 e. The van der Waals surface area contributed by atoms with Gasteiger partial charge in [0.1, 0.15) is 6.10 Å². The number of hydrogen-bond donors (Lipinski definition) is 0. The first-order valence-electron chi connectivity index (χ1n) is 6.75. The molecule has 0 saturated heterocycles. The third kappa shape index (κ3) is 2.87. The molecule has 2 atom stereocenters. The lowest BCUT2D eigenvalue weighted by molar-refractivity contribution is -0.154. The lowest BCUT2D eigenvalue weighted by Crippen LogP contribution is -2.34. The molecule has 1 fully saturated rings. The molecule has 3 heteroatoms. The molecule has 1 saturated carbocycles. The molecule has 1 rings (SSSR count). The summed E-state index contributed by atoms with van der Waals surface area (Å²) in [5.41, 5.74) is 0. The van der Waals surface area contributed by atoms with Gasteiger partial charge in [-0.15, -0.1) is 0 Å². The molecule has 0 aromatic carbocycles. The molecule has 16 heavy (non-hydrogen) atoms. The minimum atomic E-state index is -0.155. The van der Waals surface area contributed by atoms with Crippen molar-refractivity contribution in [3.8, 4) is 0 Å². The van der Waals surface area contributed by atoms with Gasteiger partial charge in [-0.25, -0.2) is 0 Å². The van der Waals surface area contributed by atoms with E-state index in [9.17, 15) is 4.79 Å². The van der Waals surface area contributed by atoms with E-state index in [4.69, 9.17) is 4.74 Å². The van der Waals surface area contributed by atoms with E-state index in [0.717, 1.165) is 35.9 Å². The number of ether oxygens (including phenoxy) is 1. The van der Waals surface area contributed by atoms with Gasteiger partial charge in [0.25, 0.3) is 0 Å². The van der Waals surface area contributed by atoms with Crippen LogP contribution in [0.15, 0.2) is 0 Å². The Balaban J connectivity index is 2.60. The summed E-state index contributed by atoms with van der Waals surface area (Å²) >= 11 is 0. The monoisotopic (exact) mass is 242 g/mol. The van der Waals surface area contributed by atoms with Crippen molar-refractivity contribution in [2.45, 2.75) is 70.4 Å². The fourth-order valence-corrected chi connectivity index (χ4v) is 2.96. The molecular weight excluding hydrogens is 216 g/mol. The van der Waals surface area contributed by atoms with Gasteiger partial charge in [0, 0.05) is 10.2 Å². The summed E-state index contributed by atoms with van der Waals surface area (Å²) in [5, 5.41) is -0.155. The Hall–Kier alpha value is -0.313. The van der Waals surface area contributed by atoms with Gasteiger partial charge < -0.3 is 4.74 Å². The highest BCUT2D eigenvalue weighted by atomic mass is 28.1. The topological polar surface area (TPSA) is 26.3 Å². The van der Waals surface area contributed by atoms with E-state index in [-0.39, 0.29) is 17.1 Å². The Morgan fingerprint density at radius 1 is 1.44 bits per heavy atom. The molecule has 0 bridgehead atoms. The summed E-state index contributed by atoms with van der Waals surface area (Å²) < 4.78 is 5.69. The van der Waals surface area contributed by atoms with Gasteiger partial charge in [-0.2, -0.15) is 0 Å². The van der Waals surface area contributed by atoms with Crippen LogP contribution in [0.5, 0.6) is 0 Å². The highest BCUT2D eigenvalue weighted by molar-refractivity contribution is 6.27. The molecule has 0 N–H and O–H groups in total. The predicted molar refractivity (Wildman–Crippen MR) is 70.7 cm³/mol. The SMILES string of the molecule is CCC(C)C([SiH3])(CC)C(=O)OC1CCCC1. The highest BCUT2D eigenvalue weighted by Gasteiger charge is 2.38. The van der Waals surface area contributed by atoms with E-state index in [1.807, 2.05) is 0 Å². The Morgan fingerprint density at radius 2 is 2.00 bits per heavy atom. The maximum Gasteiger partial charge on any atom is 0.308 e. The van der Waals surface area contributed by atoms with Crippen LogP contribution in [0.2, 0.25) is 5.04 Å². The zero-order chi connectivity index (χ0) is 12.2. The van der Waals surface area contributed by atoms with Crippen molar-refractivity contribution < 1.29 is 9.53 Å². The molecule has 94 valence electrons. The quantitative estimate of drug-likeness (QED) is 0.547. The zero-order valence-electron chi connectivity index (χ0n) is 11.2.